The highest BCUT2D eigenvalue weighted by atomic mass is 19.1. The first kappa shape index (κ1) is 8.93. The number of pyridine rings is 1. The van der Waals surface area contributed by atoms with Crippen LogP contribution in [0.4, 0.5) is 4.39 Å². The fraction of sp³-hybridized carbons (Fsp3) is 0.375. The summed E-state index contributed by atoms with van der Waals surface area (Å²) >= 11 is 0. The minimum absolute atomic E-state index is 0.455. The number of nitrogens with zero attached hydrogens (tertiary/aromatic N) is 1. The van der Waals surface area contributed by atoms with Crippen molar-refractivity contribution in [2.75, 3.05) is 13.8 Å². The fourth-order valence-electron chi connectivity index (χ4n) is 0.856. The van der Waals surface area contributed by atoms with Gasteiger partial charge in [0.15, 0.2) is 0 Å². The van der Waals surface area contributed by atoms with Crippen LogP contribution < -0.4 is 10.5 Å². The summed E-state index contributed by atoms with van der Waals surface area (Å²) in [6.07, 6.45) is 1.55. The Labute approximate surface area is 70.4 Å². The van der Waals surface area contributed by atoms with Gasteiger partial charge in [0.2, 0.25) is 5.88 Å². The maximum Gasteiger partial charge on any atom is 0.213 e. The van der Waals surface area contributed by atoms with Crippen molar-refractivity contribution in [3.05, 3.63) is 23.9 Å². The van der Waals surface area contributed by atoms with E-state index in [9.17, 15) is 4.39 Å². The Morgan fingerprint density at radius 2 is 2.50 bits per heavy atom. The summed E-state index contributed by atoms with van der Waals surface area (Å²) in [5.74, 6) is 0.455. The molecule has 2 N–H and O–H groups in total. The second-order valence-corrected chi connectivity index (χ2v) is 2.39. The number of rotatable bonds is 3. The summed E-state index contributed by atoms with van der Waals surface area (Å²) in [4.78, 5) is 3.87. The SMILES string of the molecule is COc1cc([C@@H](N)CF)ccn1. The van der Waals surface area contributed by atoms with Crippen LogP contribution in [0.1, 0.15) is 11.6 Å². The van der Waals surface area contributed by atoms with Gasteiger partial charge in [-0.1, -0.05) is 0 Å². The molecule has 12 heavy (non-hydrogen) atoms. The Morgan fingerprint density at radius 3 is 3.08 bits per heavy atom. The number of hydrogen-bond donors (Lipinski definition) is 1. The van der Waals surface area contributed by atoms with Crippen molar-refractivity contribution in [3.8, 4) is 5.88 Å². The van der Waals surface area contributed by atoms with E-state index in [2.05, 4.69) is 4.98 Å². The van der Waals surface area contributed by atoms with Gasteiger partial charge in [0.1, 0.15) is 6.67 Å². The van der Waals surface area contributed by atoms with Gasteiger partial charge in [-0.25, -0.2) is 9.37 Å². The van der Waals surface area contributed by atoms with E-state index in [1.54, 1.807) is 18.3 Å². The molecule has 1 atom stereocenters. The maximum atomic E-state index is 12.1. The summed E-state index contributed by atoms with van der Waals surface area (Å²) in [5.41, 5.74) is 6.16. The molecule has 0 bridgehead atoms. The Morgan fingerprint density at radius 1 is 1.75 bits per heavy atom. The van der Waals surface area contributed by atoms with E-state index in [-0.39, 0.29) is 0 Å². The van der Waals surface area contributed by atoms with E-state index >= 15 is 0 Å². The van der Waals surface area contributed by atoms with Gasteiger partial charge in [-0.15, -0.1) is 0 Å². The van der Waals surface area contributed by atoms with Crippen LogP contribution in [0.5, 0.6) is 5.88 Å². The molecule has 1 aromatic heterocycles. The number of nitrogens with two attached hydrogens (primary N) is 1. The highest BCUT2D eigenvalue weighted by molar-refractivity contribution is 5.23. The normalized spacial score (nSPS) is 12.6. The number of halogens is 1. The highest BCUT2D eigenvalue weighted by Gasteiger charge is 2.05. The summed E-state index contributed by atoms with van der Waals surface area (Å²) in [6.45, 7) is -0.576. The zero-order chi connectivity index (χ0) is 8.97. The van der Waals surface area contributed by atoms with Gasteiger partial charge in [0.05, 0.1) is 13.2 Å². The number of aromatic nitrogens is 1. The zero-order valence-electron chi connectivity index (χ0n) is 6.83. The molecule has 1 rings (SSSR count). The highest BCUT2D eigenvalue weighted by Crippen LogP contribution is 2.14. The quantitative estimate of drug-likeness (QED) is 0.737. The summed E-state index contributed by atoms with van der Waals surface area (Å²) in [6, 6.07) is 2.72. The van der Waals surface area contributed by atoms with Crippen molar-refractivity contribution in [2.45, 2.75) is 6.04 Å². The molecule has 0 spiro atoms. The third-order valence-corrected chi connectivity index (χ3v) is 1.56. The first-order valence-corrected chi connectivity index (χ1v) is 3.59. The standard InChI is InChI=1S/C8H11FN2O/c1-12-8-4-6(2-3-11-8)7(10)5-9/h2-4,7H,5,10H2,1H3/t7-/m0/s1. The third kappa shape index (κ3) is 1.92. The third-order valence-electron chi connectivity index (χ3n) is 1.56. The summed E-state index contributed by atoms with van der Waals surface area (Å²) in [7, 11) is 1.51. The molecule has 0 aliphatic heterocycles. The van der Waals surface area contributed by atoms with Gasteiger partial charge in [-0.05, 0) is 11.6 Å². The molecule has 1 heterocycles. The van der Waals surface area contributed by atoms with E-state index in [1.165, 1.54) is 7.11 Å². The molecule has 0 aromatic carbocycles. The van der Waals surface area contributed by atoms with Gasteiger partial charge in [-0.2, -0.15) is 0 Å². The first-order chi connectivity index (χ1) is 5.77. The molecule has 3 nitrogen and oxygen atoms in total. The van der Waals surface area contributed by atoms with Crippen LogP contribution in [0, 0.1) is 0 Å². The molecule has 0 unspecified atom stereocenters. The van der Waals surface area contributed by atoms with Crippen molar-refractivity contribution < 1.29 is 9.13 Å². The Balaban J connectivity index is 2.86. The molecule has 0 aliphatic rings. The molecule has 0 fully saturated rings. The molecule has 0 amide bonds. The van der Waals surface area contributed by atoms with E-state index in [1.807, 2.05) is 0 Å². The number of alkyl halides is 1. The van der Waals surface area contributed by atoms with Crippen molar-refractivity contribution in [1.29, 1.82) is 0 Å². The van der Waals surface area contributed by atoms with Crippen LogP contribution in [0.3, 0.4) is 0 Å². The lowest BCUT2D eigenvalue weighted by Gasteiger charge is -2.07. The minimum atomic E-state index is -0.582. The van der Waals surface area contributed by atoms with Crippen molar-refractivity contribution >= 4 is 0 Å². The second-order valence-electron chi connectivity index (χ2n) is 2.39. The van der Waals surface area contributed by atoms with E-state index < -0.39 is 12.7 Å². The number of hydrogen-bond acceptors (Lipinski definition) is 3. The van der Waals surface area contributed by atoms with Crippen molar-refractivity contribution in [2.24, 2.45) is 5.73 Å². The van der Waals surface area contributed by atoms with Crippen LogP contribution in [0.15, 0.2) is 18.3 Å². The Kier molecular flexibility index (Phi) is 2.99. The molecular formula is C8H11FN2O. The summed E-state index contributed by atoms with van der Waals surface area (Å²) in [5, 5.41) is 0. The van der Waals surface area contributed by atoms with Crippen molar-refractivity contribution in [1.82, 2.24) is 4.98 Å². The number of methoxy groups -OCH3 is 1. The molecule has 0 aliphatic carbocycles. The van der Waals surface area contributed by atoms with Gasteiger partial charge < -0.3 is 10.5 Å². The predicted molar refractivity (Wildman–Crippen MR) is 43.7 cm³/mol. The lowest BCUT2D eigenvalue weighted by Crippen LogP contribution is -2.12. The van der Waals surface area contributed by atoms with E-state index in [0.29, 0.717) is 11.4 Å². The topological polar surface area (TPSA) is 48.1 Å². The average Bonchev–Trinajstić information content (AvgIpc) is 2.17. The molecule has 4 heteroatoms. The van der Waals surface area contributed by atoms with Gasteiger partial charge in [-0.3, -0.25) is 0 Å². The summed E-state index contributed by atoms with van der Waals surface area (Å²) < 4.78 is 17.0. The largest absolute Gasteiger partial charge is 0.481 e. The predicted octanol–water partition coefficient (Wildman–Crippen LogP) is 1.06. The average molecular weight is 170 g/mol. The molecular weight excluding hydrogens is 159 g/mol. The fourth-order valence-corrected chi connectivity index (χ4v) is 0.856. The van der Waals surface area contributed by atoms with Gasteiger partial charge >= 0.3 is 0 Å². The number of ether oxygens (including phenoxy) is 1. The Hall–Kier alpha value is -1.16. The van der Waals surface area contributed by atoms with Crippen LogP contribution >= 0.6 is 0 Å². The molecule has 0 saturated carbocycles. The van der Waals surface area contributed by atoms with Crippen LogP contribution in [-0.4, -0.2) is 18.8 Å². The van der Waals surface area contributed by atoms with Gasteiger partial charge in [0, 0.05) is 12.3 Å². The van der Waals surface area contributed by atoms with Gasteiger partial charge in [0.25, 0.3) is 0 Å². The van der Waals surface area contributed by atoms with Crippen LogP contribution in [0.2, 0.25) is 0 Å². The zero-order valence-corrected chi connectivity index (χ0v) is 6.83. The van der Waals surface area contributed by atoms with Crippen LogP contribution in [-0.2, 0) is 0 Å². The molecule has 1 aromatic rings. The smallest absolute Gasteiger partial charge is 0.213 e. The Bertz CT molecular complexity index is 255. The van der Waals surface area contributed by atoms with Crippen molar-refractivity contribution in [3.63, 3.8) is 0 Å². The van der Waals surface area contributed by atoms with Crippen LogP contribution in [0.25, 0.3) is 0 Å². The lowest BCUT2D eigenvalue weighted by atomic mass is 10.1. The van der Waals surface area contributed by atoms with E-state index in [4.69, 9.17) is 10.5 Å². The molecule has 0 radical (unpaired) electrons. The second kappa shape index (κ2) is 4.01. The van der Waals surface area contributed by atoms with E-state index in [0.717, 1.165) is 0 Å². The first-order valence-electron chi connectivity index (χ1n) is 3.59. The molecule has 0 saturated heterocycles. The minimum Gasteiger partial charge on any atom is -0.481 e. The monoisotopic (exact) mass is 170 g/mol. The maximum absolute atomic E-state index is 12.1. The molecule has 66 valence electrons. The lowest BCUT2D eigenvalue weighted by molar-refractivity contribution is 0.394.